The van der Waals surface area contributed by atoms with E-state index in [9.17, 15) is 24.3 Å². The Bertz CT molecular complexity index is 1780. The number of hydrogen-bond donors (Lipinski definition) is 4. The smallest absolute Gasteiger partial charge is 0.336 e. The molecule has 42 heavy (non-hydrogen) atoms. The van der Waals surface area contributed by atoms with Crippen LogP contribution in [0.2, 0.25) is 0 Å². The van der Waals surface area contributed by atoms with Crippen LogP contribution in [-0.4, -0.2) is 44.2 Å². The first-order chi connectivity index (χ1) is 20.2. The molecule has 0 bridgehead atoms. The van der Waals surface area contributed by atoms with E-state index in [1.54, 1.807) is 43.3 Å². The van der Waals surface area contributed by atoms with Gasteiger partial charge in [0.2, 0.25) is 11.8 Å². The molecule has 0 spiro atoms. The molecule has 10 nitrogen and oxygen atoms in total. The molecule has 0 fully saturated rings. The Morgan fingerprint density at radius 2 is 1.45 bits per heavy atom. The molecular weight excluding hydrogens is 558 g/mol. The van der Waals surface area contributed by atoms with Crippen LogP contribution in [-0.2, 0) is 4.79 Å². The van der Waals surface area contributed by atoms with Crippen molar-refractivity contribution in [1.82, 2.24) is 4.98 Å². The van der Waals surface area contributed by atoms with E-state index < -0.39 is 28.7 Å². The van der Waals surface area contributed by atoms with Gasteiger partial charge in [-0.3, -0.25) is 9.59 Å². The first kappa shape index (κ1) is 28.1. The minimum Gasteiger partial charge on any atom is -0.478 e. The second-order valence-electron chi connectivity index (χ2n) is 9.16. The lowest BCUT2D eigenvalue weighted by atomic mass is 10.0. The summed E-state index contributed by atoms with van der Waals surface area (Å²) in [4.78, 5) is 53.5. The molecule has 210 valence electrons. The third-order valence-corrected chi connectivity index (χ3v) is 7.34. The van der Waals surface area contributed by atoms with Crippen molar-refractivity contribution in [2.24, 2.45) is 0 Å². The normalized spacial score (nSPS) is 11.5. The molecule has 1 heterocycles. The highest BCUT2D eigenvalue weighted by molar-refractivity contribution is 8.00. The summed E-state index contributed by atoms with van der Waals surface area (Å²) in [6, 6.07) is 24.7. The van der Waals surface area contributed by atoms with Crippen molar-refractivity contribution in [3.8, 4) is 11.5 Å². The molecule has 0 aliphatic heterocycles. The SMILES string of the molecule is CC(Sc1ccc(NC(=O)c2ccc(C(=O)O)cc2C(=O)O)cc1)C(=O)Nc1ccc(-c2nc3ccccc3o2)cc1. The average Bonchev–Trinajstić information content (AvgIpc) is 3.42. The number of carbonyl (C=O) groups is 4. The Morgan fingerprint density at radius 3 is 2.12 bits per heavy atom. The maximum atomic E-state index is 12.8. The molecule has 0 saturated heterocycles. The summed E-state index contributed by atoms with van der Waals surface area (Å²) in [7, 11) is 0. The third kappa shape index (κ3) is 6.31. The van der Waals surface area contributed by atoms with Crippen LogP contribution in [0.1, 0.15) is 38.0 Å². The molecule has 2 amide bonds. The molecule has 1 atom stereocenters. The number of rotatable bonds is 9. The Hall–Kier alpha value is -5.42. The third-order valence-electron chi connectivity index (χ3n) is 6.23. The van der Waals surface area contributed by atoms with Gasteiger partial charge in [0.25, 0.3) is 5.91 Å². The monoisotopic (exact) mass is 581 g/mol. The topological polar surface area (TPSA) is 159 Å². The molecule has 0 saturated carbocycles. The summed E-state index contributed by atoms with van der Waals surface area (Å²) in [5, 5.41) is 23.6. The molecule has 0 radical (unpaired) electrons. The fourth-order valence-corrected chi connectivity index (χ4v) is 4.93. The number of fused-ring (bicyclic) bond motifs is 1. The second kappa shape index (κ2) is 12.0. The van der Waals surface area contributed by atoms with Crippen molar-refractivity contribution in [3.63, 3.8) is 0 Å². The first-order valence-corrected chi connectivity index (χ1v) is 13.5. The Labute approximate surface area is 243 Å². The maximum Gasteiger partial charge on any atom is 0.336 e. The van der Waals surface area contributed by atoms with Crippen LogP contribution < -0.4 is 10.6 Å². The van der Waals surface area contributed by atoms with Gasteiger partial charge in [-0.2, -0.15) is 0 Å². The standard InChI is InChI=1S/C31H23N3O7S/c1-17(27(35)32-20-9-6-18(7-10-20)29-34-25-4-2-3-5-26(25)41-29)42-22-13-11-21(12-14-22)33-28(36)23-15-8-19(30(37)38)16-24(23)31(39)40/h2-17H,1H3,(H,32,35)(H,33,36)(H,37,38)(H,39,40). The number of amides is 2. The minimum absolute atomic E-state index is 0.168. The zero-order chi connectivity index (χ0) is 29.8. The van der Waals surface area contributed by atoms with Crippen LogP contribution in [0.4, 0.5) is 11.4 Å². The number of anilines is 2. The van der Waals surface area contributed by atoms with Crippen LogP contribution in [0.15, 0.2) is 100 Å². The highest BCUT2D eigenvalue weighted by Gasteiger charge is 2.20. The summed E-state index contributed by atoms with van der Waals surface area (Å²) in [5.41, 5.74) is 2.47. The zero-order valence-electron chi connectivity index (χ0n) is 22.0. The van der Waals surface area contributed by atoms with Crippen molar-refractivity contribution in [2.45, 2.75) is 17.1 Å². The maximum absolute atomic E-state index is 12.8. The summed E-state index contributed by atoms with van der Waals surface area (Å²) >= 11 is 1.32. The van der Waals surface area contributed by atoms with E-state index in [1.165, 1.54) is 17.8 Å². The van der Waals surface area contributed by atoms with Gasteiger partial charge in [0.05, 0.1) is 21.9 Å². The molecular formula is C31H23N3O7S. The number of carboxylic acid groups (broad SMARTS) is 2. The van der Waals surface area contributed by atoms with Crippen LogP contribution in [0.5, 0.6) is 0 Å². The molecule has 5 rings (SSSR count). The van der Waals surface area contributed by atoms with Gasteiger partial charge in [-0.25, -0.2) is 14.6 Å². The fraction of sp³-hybridized carbons (Fsp3) is 0.0645. The number of hydrogen-bond acceptors (Lipinski definition) is 7. The summed E-state index contributed by atoms with van der Waals surface area (Å²) in [5.74, 6) is -3.11. The number of para-hydroxylation sites is 2. The van der Waals surface area contributed by atoms with Crippen molar-refractivity contribution in [3.05, 3.63) is 108 Å². The Balaban J connectivity index is 1.17. The number of carbonyl (C=O) groups excluding carboxylic acids is 2. The summed E-state index contributed by atoms with van der Waals surface area (Å²) in [6.45, 7) is 1.77. The van der Waals surface area contributed by atoms with Crippen molar-refractivity contribution in [2.75, 3.05) is 10.6 Å². The summed E-state index contributed by atoms with van der Waals surface area (Å²) < 4.78 is 5.79. The van der Waals surface area contributed by atoms with E-state index in [-0.39, 0.29) is 17.0 Å². The zero-order valence-corrected chi connectivity index (χ0v) is 22.8. The molecule has 11 heteroatoms. The van der Waals surface area contributed by atoms with E-state index in [0.717, 1.165) is 28.1 Å². The number of thioether (sulfide) groups is 1. The number of aromatic nitrogens is 1. The molecule has 4 aromatic carbocycles. The molecule has 1 unspecified atom stereocenters. The average molecular weight is 582 g/mol. The number of oxazole rings is 1. The lowest BCUT2D eigenvalue weighted by Crippen LogP contribution is -2.22. The van der Waals surface area contributed by atoms with E-state index in [1.807, 2.05) is 36.4 Å². The lowest BCUT2D eigenvalue weighted by molar-refractivity contribution is -0.115. The van der Waals surface area contributed by atoms with Gasteiger partial charge in [0, 0.05) is 21.8 Å². The van der Waals surface area contributed by atoms with E-state index in [0.29, 0.717) is 22.8 Å². The predicted octanol–water partition coefficient (Wildman–Crippen LogP) is 6.26. The molecule has 4 N–H and O–H groups in total. The molecule has 0 aliphatic carbocycles. The minimum atomic E-state index is -1.42. The van der Waals surface area contributed by atoms with Gasteiger partial charge in [-0.15, -0.1) is 11.8 Å². The molecule has 5 aromatic rings. The highest BCUT2D eigenvalue weighted by atomic mass is 32.2. The van der Waals surface area contributed by atoms with Crippen LogP contribution >= 0.6 is 11.8 Å². The Kier molecular flexibility index (Phi) is 8.02. The number of nitrogens with zero attached hydrogens (tertiary/aromatic N) is 1. The van der Waals surface area contributed by atoms with Gasteiger partial charge in [-0.1, -0.05) is 12.1 Å². The second-order valence-corrected chi connectivity index (χ2v) is 10.6. The van der Waals surface area contributed by atoms with E-state index >= 15 is 0 Å². The molecule has 0 aliphatic rings. The van der Waals surface area contributed by atoms with Crippen LogP contribution in [0.3, 0.4) is 0 Å². The van der Waals surface area contributed by atoms with Crippen LogP contribution in [0.25, 0.3) is 22.6 Å². The molecule has 1 aromatic heterocycles. The number of nitrogens with one attached hydrogen (secondary N) is 2. The first-order valence-electron chi connectivity index (χ1n) is 12.6. The van der Waals surface area contributed by atoms with Gasteiger partial charge in [0.1, 0.15) is 5.52 Å². The van der Waals surface area contributed by atoms with Crippen molar-refractivity contribution >= 4 is 58.0 Å². The van der Waals surface area contributed by atoms with Crippen LogP contribution in [0, 0.1) is 0 Å². The predicted molar refractivity (Wildman–Crippen MR) is 158 cm³/mol. The van der Waals surface area contributed by atoms with E-state index in [2.05, 4.69) is 15.6 Å². The largest absolute Gasteiger partial charge is 0.478 e. The van der Waals surface area contributed by atoms with Gasteiger partial charge < -0.3 is 25.3 Å². The number of carboxylic acids is 2. The van der Waals surface area contributed by atoms with Crippen molar-refractivity contribution in [1.29, 1.82) is 0 Å². The van der Waals surface area contributed by atoms with Gasteiger partial charge >= 0.3 is 11.9 Å². The van der Waals surface area contributed by atoms with Gasteiger partial charge in [-0.05, 0) is 85.8 Å². The summed E-state index contributed by atoms with van der Waals surface area (Å²) in [6.07, 6.45) is 0. The lowest BCUT2D eigenvalue weighted by Gasteiger charge is -2.13. The number of benzene rings is 4. The number of aromatic carboxylic acids is 2. The quantitative estimate of drug-likeness (QED) is 0.147. The van der Waals surface area contributed by atoms with Gasteiger partial charge in [0.15, 0.2) is 5.58 Å². The van der Waals surface area contributed by atoms with Crippen molar-refractivity contribution < 1.29 is 33.8 Å². The fourth-order valence-electron chi connectivity index (χ4n) is 4.06. The van der Waals surface area contributed by atoms with E-state index in [4.69, 9.17) is 9.52 Å². The highest BCUT2D eigenvalue weighted by Crippen LogP contribution is 2.28. The Morgan fingerprint density at radius 1 is 0.786 bits per heavy atom.